The molecule has 0 N–H and O–H groups in total. The number of phosphoric acid groups is 1. The number of esters is 2. The zero-order valence-electron chi connectivity index (χ0n) is 35.7. The summed E-state index contributed by atoms with van der Waals surface area (Å²) in [6, 6.07) is 0. The van der Waals surface area contributed by atoms with Crippen molar-refractivity contribution in [2.45, 2.75) is 200 Å². The van der Waals surface area contributed by atoms with Gasteiger partial charge in [-0.2, -0.15) is 0 Å². The second kappa shape index (κ2) is 37.1. The summed E-state index contributed by atoms with van der Waals surface area (Å²) in [4.78, 5) is 37.4. The fourth-order valence-electron chi connectivity index (χ4n) is 6.09. The van der Waals surface area contributed by atoms with E-state index in [2.05, 4.69) is 13.8 Å². The van der Waals surface area contributed by atoms with Crippen LogP contribution in [0.1, 0.15) is 194 Å². The molecule has 0 radical (unpaired) electrons. The van der Waals surface area contributed by atoms with Crippen molar-refractivity contribution in [2.75, 3.05) is 47.5 Å². The van der Waals surface area contributed by atoms with Crippen molar-refractivity contribution in [3.8, 4) is 0 Å². The van der Waals surface area contributed by atoms with Crippen LogP contribution in [0, 0.1) is 0 Å². The van der Waals surface area contributed by atoms with Crippen LogP contribution in [-0.4, -0.2) is 70.0 Å². The van der Waals surface area contributed by atoms with Crippen molar-refractivity contribution in [1.82, 2.24) is 0 Å². The Morgan fingerprint density at radius 1 is 0.611 bits per heavy atom. The molecule has 0 aliphatic heterocycles. The third-order valence-corrected chi connectivity index (χ3v) is 10.5. The van der Waals surface area contributed by atoms with Crippen LogP contribution in [-0.2, 0) is 32.7 Å². The summed E-state index contributed by atoms with van der Waals surface area (Å²) in [7, 11) is 1.12. The lowest BCUT2D eigenvalue weighted by Gasteiger charge is -2.28. The molecule has 9 nitrogen and oxygen atoms in total. The third-order valence-electron chi connectivity index (χ3n) is 9.58. The average Bonchev–Trinajstić information content (AvgIpc) is 3.12. The van der Waals surface area contributed by atoms with E-state index in [4.69, 9.17) is 18.5 Å². The number of ether oxygens (including phenoxy) is 2. The largest absolute Gasteiger partial charge is 0.756 e. The molecule has 0 aromatic rings. The number of allylic oxidation sites excluding steroid dienone is 3. The molecule has 0 amide bonds. The van der Waals surface area contributed by atoms with Gasteiger partial charge >= 0.3 is 11.9 Å². The first-order valence-electron chi connectivity index (χ1n) is 22.1. The summed E-state index contributed by atoms with van der Waals surface area (Å²) in [6.07, 6.45) is 39.8. The molecule has 0 fully saturated rings. The minimum Gasteiger partial charge on any atom is -0.756 e. The Kier molecular flexibility index (Phi) is 36.1. The number of likely N-dealkylation sites (N-methyl/N-ethyl adjacent to an activating group) is 1. The Morgan fingerprint density at radius 2 is 1.06 bits per heavy atom. The predicted octanol–water partition coefficient (Wildman–Crippen LogP) is 11.7. The van der Waals surface area contributed by atoms with Crippen LogP contribution in [0.25, 0.3) is 0 Å². The van der Waals surface area contributed by atoms with E-state index >= 15 is 0 Å². The minimum absolute atomic E-state index is 0.0444. The molecule has 0 saturated carbocycles. The average molecular weight is 786 g/mol. The van der Waals surface area contributed by atoms with Gasteiger partial charge in [0.25, 0.3) is 7.82 Å². The number of carbonyl (C=O) groups is 2. The van der Waals surface area contributed by atoms with E-state index in [-0.39, 0.29) is 19.6 Å². The summed E-state index contributed by atoms with van der Waals surface area (Å²) in [5, 5.41) is 0. The van der Waals surface area contributed by atoms with Crippen molar-refractivity contribution in [3.05, 3.63) is 24.3 Å². The highest BCUT2D eigenvalue weighted by Gasteiger charge is 2.21. The maximum absolute atomic E-state index is 12.5. The van der Waals surface area contributed by atoms with Crippen molar-refractivity contribution in [2.24, 2.45) is 0 Å². The highest BCUT2D eigenvalue weighted by atomic mass is 31.2. The molecule has 0 saturated heterocycles. The lowest BCUT2D eigenvalue weighted by Crippen LogP contribution is -2.37. The highest BCUT2D eigenvalue weighted by Crippen LogP contribution is 2.38. The van der Waals surface area contributed by atoms with Crippen LogP contribution in [0.15, 0.2) is 24.3 Å². The van der Waals surface area contributed by atoms with E-state index in [1.54, 1.807) is 6.08 Å². The first kappa shape index (κ1) is 52.5. The molecule has 318 valence electrons. The fraction of sp³-hybridized carbons (Fsp3) is 0.864. The Labute approximate surface area is 332 Å². The van der Waals surface area contributed by atoms with Crippen molar-refractivity contribution >= 4 is 19.8 Å². The van der Waals surface area contributed by atoms with Crippen LogP contribution in [0.2, 0.25) is 0 Å². The third kappa shape index (κ3) is 40.2. The smallest absolute Gasteiger partial charge is 0.331 e. The van der Waals surface area contributed by atoms with Gasteiger partial charge in [-0.3, -0.25) is 9.36 Å². The number of carbonyl (C=O) groups excluding carboxylic acids is 2. The van der Waals surface area contributed by atoms with E-state index < -0.39 is 32.5 Å². The minimum atomic E-state index is -4.64. The number of quaternary nitrogens is 1. The van der Waals surface area contributed by atoms with E-state index in [1.165, 1.54) is 147 Å². The molecule has 0 aromatic carbocycles. The molecule has 10 heteroatoms. The molecule has 0 spiro atoms. The maximum atomic E-state index is 12.5. The topological polar surface area (TPSA) is 111 Å². The van der Waals surface area contributed by atoms with Gasteiger partial charge in [0.15, 0.2) is 6.10 Å². The molecule has 0 rings (SSSR count). The van der Waals surface area contributed by atoms with E-state index in [1.807, 2.05) is 33.3 Å². The van der Waals surface area contributed by atoms with Gasteiger partial charge in [-0.25, -0.2) is 4.79 Å². The van der Waals surface area contributed by atoms with Gasteiger partial charge in [0, 0.05) is 12.5 Å². The summed E-state index contributed by atoms with van der Waals surface area (Å²) < 4.78 is 33.7. The van der Waals surface area contributed by atoms with Gasteiger partial charge in [-0.15, -0.1) is 0 Å². The fourth-order valence-corrected chi connectivity index (χ4v) is 6.82. The molecule has 0 bridgehead atoms. The second-order valence-corrected chi connectivity index (χ2v) is 17.6. The predicted molar refractivity (Wildman–Crippen MR) is 222 cm³/mol. The Balaban J connectivity index is 4.44. The second-order valence-electron chi connectivity index (χ2n) is 16.1. The van der Waals surface area contributed by atoms with Gasteiger partial charge in [0.1, 0.15) is 19.8 Å². The summed E-state index contributed by atoms with van der Waals surface area (Å²) in [5.41, 5.74) is 0. The SMILES string of the molecule is CCCCCCCCCCCCCC=CC=CC(=O)O[C@H](COC(=O)CCCCCCCCCCCCCCCCC)COP(=O)([O-])OCC[N+](C)(C)C. The monoisotopic (exact) mass is 786 g/mol. The lowest BCUT2D eigenvalue weighted by atomic mass is 10.0. The van der Waals surface area contributed by atoms with Gasteiger partial charge in [0.2, 0.25) is 0 Å². The molecule has 54 heavy (non-hydrogen) atoms. The molecule has 0 aliphatic rings. The zero-order chi connectivity index (χ0) is 40.0. The van der Waals surface area contributed by atoms with E-state index in [0.29, 0.717) is 11.0 Å². The first-order chi connectivity index (χ1) is 26.0. The Hall–Kier alpha value is -1.51. The van der Waals surface area contributed by atoms with E-state index in [9.17, 15) is 19.0 Å². The molecule has 0 heterocycles. The molecule has 0 aromatic heterocycles. The number of unbranched alkanes of at least 4 members (excludes halogenated alkanes) is 25. The molecular formula is C44H84NO8P. The summed E-state index contributed by atoms with van der Waals surface area (Å²) in [6.45, 7) is 4.12. The number of nitrogens with zero attached hydrogens (tertiary/aromatic N) is 1. The van der Waals surface area contributed by atoms with Crippen LogP contribution in [0.4, 0.5) is 0 Å². The molecule has 0 aliphatic carbocycles. The van der Waals surface area contributed by atoms with Gasteiger partial charge in [0.05, 0.1) is 27.7 Å². The van der Waals surface area contributed by atoms with Crippen molar-refractivity contribution < 1.29 is 42.1 Å². The molecular weight excluding hydrogens is 701 g/mol. The van der Waals surface area contributed by atoms with Gasteiger partial charge in [-0.1, -0.05) is 186 Å². The highest BCUT2D eigenvalue weighted by molar-refractivity contribution is 7.45. The Morgan fingerprint density at radius 3 is 1.52 bits per heavy atom. The van der Waals surface area contributed by atoms with Crippen LogP contribution < -0.4 is 4.89 Å². The molecule has 1 unspecified atom stereocenters. The number of hydrogen-bond acceptors (Lipinski definition) is 8. The maximum Gasteiger partial charge on any atom is 0.331 e. The first-order valence-corrected chi connectivity index (χ1v) is 23.5. The molecule has 2 atom stereocenters. The van der Waals surface area contributed by atoms with Gasteiger partial charge < -0.3 is 27.9 Å². The quantitative estimate of drug-likeness (QED) is 0.0151. The van der Waals surface area contributed by atoms with Crippen LogP contribution in [0.5, 0.6) is 0 Å². The normalized spacial score (nSPS) is 13.8. The van der Waals surface area contributed by atoms with Gasteiger partial charge in [-0.05, 0) is 19.3 Å². The summed E-state index contributed by atoms with van der Waals surface area (Å²) >= 11 is 0. The van der Waals surface area contributed by atoms with Crippen LogP contribution in [0.3, 0.4) is 0 Å². The number of hydrogen-bond donors (Lipinski definition) is 0. The summed E-state index contributed by atoms with van der Waals surface area (Å²) in [5.74, 6) is -1.08. The van der Waals surface area contributed by atoms with Crippen molar-refractivity contribution in [1.29, 1.82) is 0 Å². The zero-order valence-corrected chi connectivity index (χ0v) is 36.6. The standard InChI is InChI=1S/C44H84NO8P/c1-6-8-10-12-14-16-18-20-22-24-26-28-30-32-34-36-43(46)50-40-42(41-52-54(48,49)51-39-38-45(3,4)5)53-44(47)37-35-33-31-29-27-25-23-21-19-17-15-13-11-9-7-2/h31,33,35,37,42H,6-30,32,34,36,38-41H2,1-5H3/t42-/m1/s1. The van der Waals surface area contributed by atoms with Crippen LogP contribution >= 0.6 is 7.82 Å². The number of rotatable bonds is 40. The number of phosphoric ester groups is 1. The van der Waals surface area contributed by atoms with E-state index in [0.717, 1.165) is 32.1 Å². The lowest BCUT2D eigenvalue weighted by molar-refractivity contribution is -0.870. The Bertz CT molecular complexity index is 980. The van der Waals surface area contributed by atoms with Crippen molar-refractivity contribution in [3.63, 3.8) is 0 Å².